The van der Waals surface area contributed by atoms with Gasteiger partial charge in [-0.15, -0.1) is 0 Å². The van der Waals surface area contributed by atoms with Crippen LogP contribution in [0.15, 0.2) is 18.3 Å². The van der Waals surface area contributed by atoms with Gasteiger partial charge >= 0.3 is 6.09 Å². The number of rotatable bonds is 2. The van der Waals surface area contributed by atoms with E-state index in [4.69, 9.17) is 4.74 Å². The minimum absolute atomic E-state index is 0.184. The van der Waals surface area contributed by atoms with Crippen LogP contribution in [0.1, 0.15) is 43.7 Å². The third kappa shape index (κ3) is 3.98. The van der Waals surface area contributed by atoms with Crippen molar-refractivity contribution in [1.82, 2.24) is 19.4 Å². The Hall–Kier alpha value is -3.23. The maximum atomic E-state index is 12.9. The fourth-order valence-corrected chi connectivity index (χ4v) is 3.13. The van der Waals surface area contributed by atoms with Gasteiger partial charge in [-0.1, -0.05) is 0 Å². The minimum atomic E-state index is -0.681. The summed E-state index contributed by atoms with van der Waals surface area (Å²) in [4.78, 5) is 48.0. The van der Waals surface area contributed by atoms with Crippen LogP contribution in [0.5, 0.6) is 0 Å². The lowest BCUT2D eigenvalue weighted by Crippen LogP contribution is -2.44. The number of fused-ring (bicyclic) bond motifs is 1. The van der Waals surface area contributed by atoms with Crippen LogP contribution in [0.4, 0.5) is 10.7 Å². The van der Waals surface area contributed by atoms with E-state index in [2.05, 4.69) is 9.97 Å². The van der Waals surface area contributed by atoms with Crippen LogP contribution < -0.4 is 4.90 Å². The van der Waals surface area contributed by atoms with Crippen LogP contribution in [-0.4, -0.2) is 56.5 Å². The molecule has 0 atom stereocenters. The van der Waals surface area contributed by atoms with Crippen LogP contribution in [0.3, 0.4) is 0 Å². The van der Waals surface area contributed by atoms with E-state index in [9.17, 15) is 14.4 Å². The molecule has 1 aliphatic heterocycles. The zero-order valence-corrected chi connectivity index (χ0v) is 17.5. The maximum Gasteiger partial charge on any atom is 0.417 e. The second-order valence-corrected chi connectivity index (χ2v) is 7.96. The van der Waals surface area contributed by atoms with E-state index in [1.54, 1.807) is 46.1 Å². The highest BCUT2D eigenvalue weighted by Crippen LogP contribution is 2.29. The van der Waals surface area contributed by atoms with Gasteiger partial charge in [0, 0.05) is 45.9 Å². The summed E-state index contributed by atoms with van der Waals surface area (Å²) >= 11 is 0. The molecule has 0 unspecified atom stereocenters. The Bertz CT molecular complexity index is 989. The monoisotopic (exact) mass is 399 g/mol. The van der Waals surface area contributed by atoms with Crippen LogP contribution in [0.2, 0.25) is 0 Å². The molecule has 9 nitrogen and oxygen atoms in total. The van der Waals surface area contributed by atoms with Crippen molar-refractivity contribution in [2.45, 2.75) is 39.7 Å². The molecule has 2 aromatic heterocycles. The number of nitrogens with zero attached hydrogens (tertiary/aromatic N) is 5. The number of carbonyl (C=O) groups is 3. The summed E-state index contributed by atoms with van der Waals surface area (Å²) in [5, 5.41) is 0. The smallest absolute Gasteiger partial charge is 0.417 e. The summed E-state index contributed by atoms with van der Waals surface area (Å²) < 4.78 is 7.24. The molecule has 29 heavy (non-hydrogen) atoms. The first-order valence-electron chi connectivity index (χ1n) is 9.30. The first-order chi connectivity index (χ1) is 13.5. The number of carbonyl (C=O) groups excluding carboxylic acids is 3. The van der Waals surface area contributed by atoms with Gasteiger partial charge in [-0.05, 0) is 32.9 Å². The van der Waals surface area contributed by atoms with Crippen molar-refractivity contribution in [2.75, 3.05) is 18.5 Å². The highest BCUT2D eigenvalue weighted by atomic mass is 16.6. The van der Waals surface area contributed by atoms with Gasteiger partial charge in [0.25, 0.3) is 5.91 Å². The second kappa shape index (κ2) is 7.31. The fourth-order valence-electron chi connectivity index (χ4n) is 3.13. The number of imide groups is 1. The molecule has 0 spiro atoms. The Morgan fingerprint density at radius 1 is 1.28 bits per heavy atom. The number of amides is 3. The van der Waals surface area contributed by atoms with Crippen LogP contribution >= 0.6 is 0 Å². The Morgan fingerprint density at radius 2 is 1.97 bits per heavy atom. The SMILES string of the molecule is CC(=O)N(C)c1nccc(-c2cc3c(n2C)CCN(C(=O)OC(C)(C)C)C3=O)n1. The molecule has 3 rings (SSSR count). The maximum absolute atomic E-state index is 12.9. The Morgan fingerprint density at radius 3 is 2.59 bits per heavy atom. The zero-order valence-electron chi connectivity index (χ0n) is 17.5. The first-order valence-corrected chi connectivity index (χ1v) is 9.30. The summed E-state index contributed by atoms with van der Waals surface area (Å²) in [5.74, 6) is -0.301. The molecule has 0 bridgehead atoms. The van der Waals surface area contributed by atoms with Gasteiger partial charge < -0.3 is 9.30 Å². The summed E-state index contributed by atoms with van der Waals surface area (Å²) in [6.07, 6.45) is 1.44. The molecule has 0 aliphatic carbocycles. The van der Waals surface area contributed by atoms with Crippen LogP contribution in [0, 0.1) is 0 Å². The summed E-state index contributed by atoms with van der Waals surface area (Å²) in [6, 6.07) is 3.43. The average molecular weight is 399 g/mol. The first kappa shape index (κ1) is 20.5. The van der Waals surface area contributed by atoms with Gasteiger partial charge in [-0.25, -0.2) is 19.7 Å². The Balaban J connectivity index is 1.95. The highest BCUT2D eigenvalue weighted by Gasteiger charge is 2.35. The molecular weight excluding hydrogens is 374 g/mol. The third-order valence-corrected chi connectivity index (χ3v) is 4.70. The molecule has 3 heterocycles. The molecule has 0 aromatic carbocycles. The highest BCUT2D eigenvalue weighted by molar-refractivity contribution is 6.05. The number of aromatic nitrogens is 3. The van der Waals surface area contributed by atoms with E-state index in [1.165, 1.54) is 11.8 Å². The largest absolute Gasteiger partial charge is 0.443 e. The molecule has 0 saturated carbocycles. The number of ether oxygens (including phenoxy) is 1. The van der Waals surface area contributed by atoms with Gasteiger partial charge in [-0.3, -0.25) is 14.5 Å². The predicted molar refractivity (Wildman–Crippen MR) is 106 cm³/mol. The van der Waals surface area contributed by atoms with Crippen molar-refractivity contribution in [3.63, 3.8) is 0 Å². The topological polar surface area (TPSA) is 97.6 Å². The van der Waals surface area contributed by atoms with Gasteiger partial charge in [-0.2, -0.15) is 0 Å². The number of anilines is 1. The average Bonchev–Trinajstić information content (AvgIpc) is 2.97. The van der Waals surface area contributed by atoms with Gasteiger partial charge in [0.05, 0.1) is 17.0 Å². The Labute approximate surface area is 169 Å². The van der Waals surface area contributed by atoms with E-state index in [1.807, 2.05) is 11.6 Å². The molecule has 9 heteroatoms. The number of hydrogen-bond acceptors (Lipinski definition) is 6. The minimum Gasteiger partial charge on any atom is -0.443 e. The van der Waals surface area contributed by atoms with Crippen molar-refractivity contribution in [2.24, 2.45) is 7.05 Å². The molecule has 0 fully saturated rings. The van der Waals surface area contributed by atoms with E-state index in [-0.39, 0.29) is 18.4 Å². The fraction of sp³-hybridized carbons (Fsp3) is 0.450. The normalized spacial score (nSPS) is 13.9. The quantitative estimate of drug-likeness (QED) is 0.769. The van der Waals surface area contributed by atoms with Crippen molar-refractivity contribution in [3.05, 3.63) is 29.6 Å². The molecule has 0 saturated heterocycles. The summed E-state index contributed by atoms with van der Waals surface area (Å²) in [7, 11) is 3.45. The molecule has 0 radical (unpaired) electrons. The molecule has 154 valence electrons. The van der Waals surface area contributed by atoms with E-state index in [0.29, 0.717) is 23.4 Å². The zero-order chi connectivity index (χ0) is 21.5. The van der Waals surface area contributed by atoms with Crippen molar-refractivity contribution >= 4 is 23.9 Å². The lowest BCUT2D eigenvalue weighted by Gasteiger charge is -2.28. The predicted octanol–water partition coefficient (Wildman–Crippen LogP) is 2.40. The van der Waals surface area contributed by atoms with Crippen molar-refractivity contribution in [1.29, 1.82) is 0 Å². The Kier molecular flexibility index (Phi) is 5.16. The third-order valence-electron chi connectivity index (χ3n) is 4.70. The van der Waals surface area contributed by atoms with Crippen LogP contribution in [0.25, 0.3) is 11.4 Å². The van der Waals surface area contributed by atoms with Gasteiger partial charge in [0.2, 0.25) is 11.9 Å². The molecule has 3 amide bonds. The molecule has 2 aromatic rings. The van der Waals surface area contributed by atoms with E-state index in [0.717, 1.165) is 10.6 Å². The molecular formula is C20H25N5O4. The standard InChI is InChI=1S/C20H25N5O4/c1-12(26)23(5)18-21-9-7-14(22-18)16-11-13-15(24(16)6)8-10-25(17(13)27)19(28)29-20(2,3)4/h7,9,11H,8,10H2,1-6H3. The summed E-state index contributed by atoms with van der Waals surface area (Å²) in [5.41, 5.74) is 1.87. The summed E-state index contributed by atoms with van der Waals surface area (Å²) in [6.45, 7) is 6.96. The van der Waals surface area contributed by atoms with Crippen molar-refractivity contribution < 1.29 is 19.1 Å². The second-order valence-electron chi connectivity index (χ2n) is 7.96. The van der Waals surface area contributed by atoms with E-state index < -0.39 is 17.6 Å². The lowest BCUT2D eigenvalue weighted by atomic mass is 10.1. The van der Waals surface area contributed by atoms with E-state index >= 15 is 0 Å². The number of hydrogen-bond donors (Lipinski definition) is 0. The molecule has 1 aliphatic rings. The van der Waals surface area contributed by atoms with Gasteiger partial charge in [0.15, 0.2) is 0 Å². The molecule has 0 N–H and O–H groups in total. The van der Waals surface area contributed by atoms with Crippen LogP contribution in [-0.2, 0) is 23.0 Å². The lowest BCUT2D eigenvalue weighted by molar-refractivity contribution is -0.116. The van der Waals surface area contributed by atoms with Crippen molar-refractivity contribution in [3.8, 4) is 11.4 Å². The van der Waals surface area contributed by atoms with Gasteiger partial charge in [0.1, 0.15) is 5.60 Å².